The molecule has 2 rings (SSSR count). The molecule has 0 radical (unpaired) electrons. The largest absolute Gasteiger partial charge is 0.481 e. The fourth-order valence-corrected chi connectivity index (χ4v) is 2.55. The summed E-state index contributed by atoms with van der Waals surface area (Å²) in [6.45, 7) is 4.15. The van der Waals surface area contributed by atoms with Crippen LogP contribution in [0.5, 0.6) is 0 Å². The molecule has 0 aliphatic carbocycles. The quantitative estimate of drug-likeness (QED) is 0.891. The molecule has 0 bridgehead atoms. The minimum atomic E-state index is -0.875. The van der Waals surface area contributed by atoms with Gasteiger partial charge in [-0.3, -0.25) is 9.59 Å². The number of hydrogen-bond acceptors (Lipinski definition) is 3. The Balaban J connectivity index is 2.39. The van der Waals surface area contributed by atoms with Crippen LogP contribution in [0.25, 0.3) is 0 Å². The SMILES string of the molecule is CCN1C(=O)CCC(C(=O)O)C1c1ccc(C)o1. The lowest BCUT2D eigenvalue weighted by Crippen LogP contribution is -2.45. The second-order valence-electron chi connectivity index (χ2n) is 4.56. The smallest absolute Gasteiger partial charge is 0.309 e. The Bertz CT molecular complexity index is 463. The standard InChI is InChI=1S/C13H17NO4/c1-3-14-11(15)7-5-9(13(16)17)12(14)10-6-4-8(2)18-10/h4,6,9,12H,3,5,7H2,1-2H3,(H,16,17). The molecule has 1 fully saturated rings. The highest BCUT2D eigenvalue weighted by Crippen LogP contribution is 2.37. The number of aliphatic carboxylic acids is 1. The second kappa shape index (κ2) is 4.84. The highest BCUT2D eigenvalue weighted by molar-refractivity contribution is 5.81. The van der Waals surface area contributed by atoms with E-state index in [2.05, 4.69) is 0 Å². The minimum Gasteiger partial charge on any atom is -0.481 e. The van der Waals surface area contributed by atoms with Gasteiger partial charge in [0.2, 0.25) is 5.91 Å². The van der Waals surface area contributed by atoms with Gasteiger partial charge in [0.05, 0.1) is 5.92 Å². The van der Waals surface area contributed by atoms with Crippen LogP contribution in [-0.4, -0.2) is 28.4 Å². The second-order valence-corrected chi connectivity index (χ2v) is 4.56. The summed E-state index contributed by atoms with van der Waals surface area (Å²) in [6, 6.07) is 3.07. The zero-order valence-electron chi connectivity index (χ0n) is 10.5. The number of aryl methyl sites for hydroxylation is 1. The van der Waals surface area contributed by atoms with Crippen LogP contribution in [0.4, 0.5) is 0 Å². The molecule has 2 unspecified atom stereocenters. The Labute approximate surface area is 105 Å². The molecule has 1 aliphatic rings. The lowest BCUT2D eigenvalue weighted by molar-refractivity contribution is -0.152. The predicted octanol–water partition coefficient (Wildman–Crippen LogP) is 1.97. The van der Waals surface area contributed by atoms with Crippen LogP contribution >= 0.6 is 0 Å². The van der Waals surface area contributed by atoms with Crippen molar-refractivity contribution in [3.05, 3.63) is 23.7 Å². The van der Waals surface area contributed by atoms with Gasteiger partial charge >= 0.3 is 5.97 Å². The summed E-state index contributed by atoms with van der Waals surface area (Å²) in [5, 5.41) is 9.30. The molecule has 2 atom stereocenters. The molecule has 1 aliphatic heterocycles. The van der Waals surface area contributed by atoms with Crippen molar-refractivity contribution < 1.29 is 19.1 Å². The Kier molecular flexibility index (Phi) is 3.41. The number of nitrogens with zero attached hydrogens (tertiary/aromatic N) is 1. The van der Waals surface area contributed by atoms with Crippen LogP contribution in [-0.2, 0) is 9.59 Å². The van der Waals surface area contributed by atoms with Crippen molar-refractivity contribution in [2.45, 2.75) is 32.7 Å². The number of hydrogen-bond donors (Lipinski definition) is 1. The zero-order chi connectivity index (χ0) is 13.3. The van der Waals surface area contributed by atoms with Gasteiger partial charge in [0.25, 0.3) is 0 Å². The molecule has 1 saturated heterocycles. The average Bonchev–Trinajstić information content (AvgIpc) is 2.74. The third-order valence-electron chi connectivity index (χ3n) is 3.42. The molecule has 1 amide bonds. The first kappa shape index (κ1) is 12.7. The molecule has 2 heterocycles. The number of piperidine rings is 1. The number of carbonyl (C=O) groups is 2. The van der Waals surface area contributed by atoms with E-state index in [1.807, 2.05) is 6.92 Å². The first-order chi connectivity index (χ1) is 8.54. The van der Waals surface area contributed by atoms with Gasteiger partial charge in [-0.1, -0.05) is 0 Å². The summed E-state index contributed by atoms with van der Waals surface area (Å²) in [7, 11) is 0. The van der Waals surface area contributed by atoms with Crippen molar-refractivity contribution in [2.75, 3.05) is 6.54 Å². The van der Waals surface area contributed by atoms with Crippen LogP contribution in [0.15, 0.2) is 16.5 Å². The number of carboxylic acids is 1. The number of carboxylic acid groups (broad SMARTS) is 1. The molecule has 1 N–H and O–H groups in total. The Morgan fingerprint density at radius 1 is 1.56 bits per heavy atom. The summed E-state index contributed by atoms with van der Waals surface area (Å²) in [5.74, 6) is -0.180. The van der Waals surface area contributed by atoms with Crippen LogP contribution in [0.2, 0.25) is 0 Å². The van der Waals surface area contributed by atoms with E-state index >= 15 is 0 Å². The van der Waals surface area contributed by atoms with Gasteiger partial charge < -0.3 is 14.4 Å². The van der Waals surface area contributed by atoms with Crippen molar-refractivity contribution >= 4 is 11.9 Å². The predicted molar refractivity (Wildman–Crippen MR) is 63.9 cm³/mol. The Morgan fingerprint density at radius 2 is 2.28 bits per heavy atom. The summed E-state index contributed by atoms with van der Waals surface area (Å²) in [5.41, 5.74) is 0. The molecule has 0 spiro atoms. The van der Waals surface area contributed by atoms with Gasteiger partial charge in [0.1, 0.15) is 17.6 Å². The maximum absolute atomic E-state index is 11.9. The van der Waals surface area contributed by atoms with Crippen molar-refractivity contribution in [1.82, 2.24) is 4.90 Å². The number of rotatable bonds is 3. The summed E-state index contributed by atoms with van der Waals surface area (Å²) >= 11 is 0. The first-order valence-corrected chi connectivity index (χ1v) is 6.13. The average molecular weight is 251 g/mol. The highest BCUT2D eigenvalue weighted by Gasteiger charge is 2.41. The van der Waals surface area contributed by atoms with E-state index in [9.17, 15) is 14.7 Å². The van der Waals surface area contributed by atoms with Crippen molar-refractivity contribution in [3.63, 3.8) is 0 Å². The molecule has 18 heavy (non-hydrogen) atoms. The van der Waals surface area contributed by atoms with Gasteiger partial charge in [0, 0.05) is 13.0 Å². The van der Waals surface area contributed by atoms with Crippen LogP contribution in [0.1, 0.15) is 37.3 Å². The summed E-state index contributed by atoms with van der Waals surface area (Å²) in [4.78, 5) is 24.8. The third kappa shape index (κ3) is 2.12. The molecule has 1 aromatic rings. The number of likely N-dealkylation sites (tertiary alicyclic amines) is 1. The molecule has 1 aromatic heterocycles. The maximum atomic E-state index is 11.9. The summed E-state index contributed by atoms with van der Waals surface area (Å²) < 4.78 is 5.53. The Hall–Kier alpha value is -1.78. The molecular weight excluding hydrogens is 234 g/mol. The Morgan fingerprint density at radius 3 is 2.78 bits per heavy atom. The lowest BCUT2D eigenvalue weighted by atomic mass is 9.87. The molecule has 98 valence electrons. The minimum absolute atomic E-state index is 0.00551. The topological polar surface area (TPSA) is 70.8 Å². The van der Waals surface area contributed by atoms with Crippen LogP contribution in [0.3, 0.4) is 0 Å². The maximum Gasteiger partial charge on any atom is 0.309 e. The van der Waals surface area contributed by atoms with Crippen molar-refractivity contribution in [2.24, 2.45) is 5.92 Å². The number of furan rings is 1. The number of carbonyl (C=O) groups excluding carboxylic acids is 1. The fourth-order valence-electron chi connectivity index (χ4n) is 2.55. The normalized spacial score (nSPS) is 24.3. The lowest BCUT2D eigenvalue weighted by Gasteiger charge is -2.37. The van der Waals surface area contributed by atoms with E-state index in [4.69, 9.17) is 4.42 Å². The van der Waals surface area contributed by atoms with E-state index in [1.165, 1.54) is 0 Å². The van der Waals surface area contributed by atoms with Gasteiger partial charge in [-0.05, 0) is 32.4 Å². The fraction of sp³-hybridized carbons (Fsp3) is 0.538. The monoisotopic (exact) mass is 251 g/mol. The van der Waals surface area contributed by atoms with Gasteiger partial charge in [-0.25, -0.2) is 0 Å². The first-order valence-electron chi connectivity index (χ1n) is 6.13. The molecule has 0 saturated carbocycles. The molecule has 0 aromatic carbocycles. The van der Waals surface area contributed by atoms with Gasteiger partial charge in [0.15, 0.2) is 0 Å². The van der Waals surface area contributed by atoms with Gasteiger partial charge in [-0.15, -0.1) is 0 Å². The van der Waals surface area contributed by atoms with Gasteiger partial charge in [-0.2, -0.15) is 0 Å². The molecule has 5 nitrogen and oxygen atoms in total. The molecule has 5 heteroatoms. The van der Waals surface area contributed by atoms with E-state index in [0.29, 0.717) is 25.1 Å². The van der Waals surface area contributed by atoms with Crippen LogP contribution in [0, 0.1) is 12.8 Å². The summed E-state index contributed by atoms with van der Waals surface area (Å²) in [6.07, 6.45) is 0.663. The van der Waals surface area contributed by atoms with E-state index in [1.54, 1.807) is 24.0 Å². The highest BCUT2D eigenvalue weighted by atomic mass is 16.4. The molecular formula is C13H17NO4. The zero-order valence-corrected chi connectivity index (χ0v) is 10.5. The van der Waals surface area contributed by atoms with E-state index in [-0.39, 0.29) is 5.91 Å². The van der Waals surface area contributed by atoms with Crippen molar-refractivity contribution in [3.8, 4) is 0 Å². The third-order valence-corrected chi connectivity index (χ3v) is 3.42. The number of amides is 1. The van der Waals surface area contributed by atoms with E-state index < -0.39 is 17.9 Å². The van der Waals surface area contributed by atoms with Crippen LogP contribution < -0.4 is 0 Å². The van der Waals surface area contributed by atoms with Crippen molar-refractivity contribution in [1.29, 1.82) is 0 Å². The van der Waals surface area contributed by atoms with E-state index in [0.717, 1.165) is 5.76 Å².